The first-order valence-corrected chi connectivity index (χ1v) is 4.86. The van der Waals surface area contributed by atoms with Crippen LogP contribution in [-0.4, -0.2) is 19.3 Å². The van der Waals surface area contributed by atoms with Crippen LogP contribution in [0.4, 0.5) is 0 Å². The third kappa shape index (κ3) is 2.30. The molecule has 1 unspecified atom stereocenters. The molecule has 0 radical (unpaired) electrons. The number of thiophene rings is 1. The number of rotatable bonds is 4. The van der Waals surface area contributed by atoms with Gasteiger partial charge in [0.1, 0.15) is 0 Å². The molecule has 12 heavy (non-hydrogen) atoms. The molecular weight excluding hydrogens is 170 g/mol. The van der Waals surface area contributed by atoms with Crippen LogP contribution in [0.2, 0.25) is 0 Å². The molecule has 0 fully saturated rings. The van der Waals surface area contributed by atoms with Gasteiger partial charge in [-0.05, 0) is 18.4 Å². The molecule has 0 saturated heterocycles. The molecule has 0 aliphatic carbocycles. The van der Waals surface area contributed by atoms with Crippen LogP contribution in [0.5, 0.6) is 0 Å². The first-order valence-electron chi connectivity index (χ1n) is 3.98. The first kappa shape index (κ1) is 9.71. The van der Waals surface area contributed by atoms with E-state index in [1.54, 1.807) is 18.4 Å². The third-order valence-corrected chi connectivity index (χ3v) is 2.93. The van der Waals surface area contributed by atoms with Crippen molar-refractivity contribution in [2.24, 2.45) is 5.73 Å². The molecule has 2 N–H and O–H groups in total. The number of nitrogens with two attached hydrogens (primary N) is 1. The molecule has 0 spiro atoms. The Bertz CT molecular complexity index is 216. The highest BCUT2D eigenvalue weighted by atomic mass is 32.1. The summed E-state index contributed by atoms with van der Waals surface area (Å²) in [6, 6.07) is 4.16. The van der Waals surface area contributed by atoms with E-state index in [4.69, 9.17) is 10.5 Å². The zero-order valence-corrected chi connectivity index (χ0v) is 8.36. The van der Waals surface area contributed by atoms with Crippen molar-refractivity contribution >= 4 is 11.3 Å². The van der Waals surface area contributed by atoms with E-state index in [9.17, 15) is 0 Å². The van der Waals surface area contributed by atoms with Crippen LogP contribution in [0.15, 0.2) is 17.5 Å². The van der Waals surface area contributed by atoms with E-state index in [0.717, 1.165) is 6.42 Å². The Morgan fingerprint density at radius 1 is 1.67 bits per heavy atom. The minimum atomic E-state index is -0.204. The summed E-state index contributed by atoms with van der Waals surface area (Å²) in [4.78, 5) is 1.32. The third-order valence-electron chi connectivity index (χ3n) is 2.05. The second-order valence-corrected chi connectivity index (χ2v) is 4.15. The molecule has 0 aromatic carbocycles. The predicted octanol–water partition coefficient (Wildman–Crippen LogP) is 1.65. The van der Waals surface area contributed by atoms with E-state index < -0.39 is 0 Å². The molecule has 1 aromatic rings. The monoisotopic (exact) mass is 185 g/mol. The Labute approximate surface area is 77.3 Å². The summed E-state index contributed by atoms with van der Waals surface area (Å²) in [6.45, 7) is 2.59. The molecule has 0 aliphatic rings. The number of hydrogen-bond acceptors (Lipinski definition) is 3. The fraction of sp³-hybridized carbons (Fsp3) is 0.556. The van der Waals surface area contributed by atoms with Gasteiger partial charge in [-0.25, -0.2) is 0 Å². The van der Waals surface area contributed by atoms with Gasteiger partial charge >= 0.3 is 0 Å². The average molecular weight is 185 g/mol. The summed E-state index contributed by atoms with van der Waals surface area (Å²) < 4.78 is 5.34. The number of methoxy groups -OCH3 is 1. The minimum absolute atomic E-state index is 0.204. The quantitative estimate of drug-likeness (QED) is 0.774. The van der Waals surface area contributed by atoms with Crippen LogP contribution in [0.25, 0.3) is 0 Å². The highest BCUT2D eigenvalue weighted by Crippen LogP contribution is 2.19. The average Bonchev–Trinajstić information content (AvgIpc) is 2.57. The molecule has 0 aliphatic heterocycles. The summed E-state index contributed by atoms with van der Waals surface area (Å²) in [5, 5.41) is 2.07. The van der Waals surface area contributed by atoms with Crippen molar-refractivity contribution in [3.05, 3.63) is 22.4 Å². The van der Waals surface area contributed by atoms with Crippen LogP contribution in [0.3, 0.4) is 0 Å². The van der Waals surface area contributed by atoms with Crippen molar-refractivity contribution in [1.29, 1.82) is 0 Å². The van der Waals surface area contributed by atoms with E-state index in [0.29, 0.717) is 6.54 Å². The van der Waals surface area contributed by atoms with Crippen molar-refractivity contribution in [2.75, 3.05) is 13.7 Å². The van der Waals surface area contributed by atoms with Crippen molar-refractivity contribution in [3.63, 3.8) is 0 Å². The molecule has 0 bridgehead atoms. The molecule has 1 rings (SSSR count). The lowest BCUT2D eigenvalue weighted by Gasteiger charge is -2.25. The smallest absolute Gasteiger partial charge is 0.0820 e. The topological polar surface area (TPSA) is 35.2 Å². The minimum Gasteiger partial charge on any atom is -0.377 e. The van der Waals surface area contributed by atoms with Crippen LogP contribution in [0.1, 0.15) is 11.8 Å². The molecule has 2 nitrogen and oxygen atoms in total. The van der Waals surface area contributed by atoms with Gasteiger partial charge in [0, 0.05) is 25.0 Å². The SMILES string of the molecule is COC(C)(CN)Cc1cccs1. The summed E-state index contributed by atoms with van der Waals surface area (Å²) in [5.41, 5.74) is 5.41. The fourth-order valence-electron chi connectivity index (χ4n) is 1.01. The van der Waals surface area contributed by atoms with Gasteiger partial charge in [-0.2, -0.15) is 0 Å². The lowest BCUT2D eigenvalue weighted by molar-refractivity contribution is 0.0150. The molecule has 68 valence electrons. The maximum atomic E-state index is 5.61. The lowest BCUT2D eigenvalue weighted by atomic mass is 10.0. The molecule has 1 heterocycles. The zero-order chi connectivity index (χ0) is 9.03. The van der Waals surface area contributed by atoms with Gasteiger partial charge in [0.15, 0.2) is 0 Å². The van der Waals surface area contributed by atoms with Crippen molar-refractivity contribution < 1.29 is 4.74 Å². The van der Waals surface area contributed by atoms with Crippen LogP contribution in [0, 0.1) is 0 Å². The largest absolute Gasteiger partial charge is 0.377 e. The molecule has 1 aromatic heterocycles. The standard InChI is InChI=1S/C9H15NOS/c1-9(7-10,11-2)6-8-4-3-5-12-8/h3-5H,6-7,10H2,1-2H3. The van der Waals surface area contributed by atoms with E-state index in [2.05, 4.69) is 11.4 Å². The zero-order valence-electron chi connectivity index (χ0n) is 7.54. The Hall–Kier alpha value is -0.380. The van der Waals surface area contributed by atoms with Gasteiger partial charge in [-0.3, -0.25) is 0 Å². The summed E-state index contributed by atoms with van der Waals surface area (Å²) in [6.07, 6.45) is 0.900. The van der Waals surface area contributed by atoms with Gasteiger partial charge in [0.05, 0.1) is 5.60 Å². The van der Waals surface area contributed by atoms with Crippen LogP contribution >= 0.6 is 11.3 Å². The molecule has 0 amide bonds. The Morgan fingerprint density at radius 3 is 2.83 bits per heavy atom. The van der Waals surface area contributed by atoms with Crippen LogP contribution in [-0.2, 0) is 11.2 Å². The fourth-order valence-corrected chi connectivity index (χ4v) is 1.89. The van der Waals surface area contributed by atoms with Gasteiger partial charge in [0.2, 0.25) is 0 Å². The maximum Gasteiger partial charge on any atom is 0.0820 e. The van der Waals surface area contributed by atoms with Crippen molar-refractivity contribution in [3.8, 4) is 0 Å². The maximum absolute atomic E-state index is 5.61. The van der Waals surface area contributed by atoms with Gasteiger partial charge < -0.3 is 10.5 Å². The summed E-state index contributed by atoms with van der Waals surface area (Å²) in [5.74, 6) is 0. The van der Waals surface area contributed by atoms with E-state index in [1.807, 2.05) is 13.0 Å². The molecule has 0 saturated carbocycles. The predicted molar refractivity (Wildman–Crippen MR) is 52.5 cm³/mol. The Kier molecular flexibility index (Phi) is 3.26. The molecule has 3 heteroatoms. The lowest BCUT2D eigenvalue weighted by Crippen LogP contribution is -2.38. The summed E-state index contributed by atoms with van der Waals surface area (Å²) >= 11 is 1.74. The second kappa shape index (κ2) is 4.03. The second-order valence-electron chi connectivity index (χ2n) is 3.11. The van der Waals surface area contributed by atoms with Gasteiger partial charge in [-0.1, -0.05) is 6.07 Å². The normalized spacial score (nSPS) is 15.9. The van der Waals surface area contributed by atoms with Crippen LogP contribution < -0.4 is 5.73 Å². The molecule has 1 atom stereocenters. The first-order chi connectivity index (χ1) is 5.70. The number of ether oxygens (including phenoxy) is 1. The Morgan fingerprint density at radius 2 is 2.42 bits per heavy atom. The van der Waals surface area contributed by atoms with Gasteiger partial charge in [0.25, 0.3) is 0 Å². The van der Waals surface area contributed by atoms with E-state index in [1.165, 1.54) is 4.88 Å². The summed E-state index contributed by atoms with van der Waals surface area (Å²) in [7, 11) is 1.71. The van der Waals surface area contributed by atoms with E-state index >= 15 is 0 Å². The van der Waals surface area contributed by atoms with Gasteiger partial charge in [-0.15, -0.1) is 11.3 Å². The van der Waals surface area contributed by atoms with Crippen molar-refractivity contribution in [2.45, 2.75) is 18.9 Å². The number of hydrogen-bond donors (Lipinski definition) is 1. The highest BCUT2D eigenvalue weighted by Gasteiger charge is 2.22. The molecular formula is C9H15NOS. The Balaban J connectivity index is 2.60. The highest BCUT2D eigenvalue weighted by molar-refractivity contribution is 7.09. The van der Waals surface area contributed by atoms with E-state index in [-0.39, 0.29) is 5.60 Å². The van der Waals surface area contributed by atoms with Crippen molar-refractivity contribution in [1.82, 2.24) is 0 Å².